The minimum absolute atomic E-state index is 0.0651. The first-order valence-corrected chi connectivity index (χ1v) is 8.53. The standard InChI is InChI=1S/C17H26N4O/c1-13-7-6-10-21(12-13)16(22)15-11-14(2)18-17(19-15)20-8-4-3-5-9-20/h11,13H,3-10,12H2,1-2H3. The molecule has 1 aromatic heterocycles. The van der Waals surface area contributed by atoms with Gasteiger partial charge in [-0.25, -0.2) is 9.97 Å². The van der Waals surface area contributed by atoms with Crippen molar-refractivity contribution < 1.29 is 4.79 Å². The van der Waals surface area contributed by atoms with Crippen LogP contribution in [0.15, 0.2) is 6.07 Å². The molecule has 0 aliphatic carbocycles. The van der Waals surface area contributed by atoms with Crippen LogP contribution in [0.5, 0.6) is 0 Å². The minimum Gasteiger partial charge on any atom is -0.341 e. The summed E-state index contributed by atoms with van der Waals surface area (Å²) in [6, 6.07) is 1.83. The number of hydrogen-bond acceptors (Lipinski definition) is 4. The first-order chi connectivity index (χ1) is 10.6. The van der Waals surface area contributed by atoms with E-state index in [2.05, 4.69) is 21.8 Å². The molecule has 0 bridgehead atoms. The SMILES string of the molecule is Cc1cc(C(=O)N2CCCC(C)C2)nc(N2CCCCC2)n1. The molecule has 2 aliphatic rings. The van der Waals surface area contributed by atoms with E-state index in [1.807, 2.05) is 17.9 Å². The molecule has 0 aromatic carbocycles. The zero-order chi connectivity index (χ0) is 15.5. The highest BCUT2D eigenvalue weighted by Crippen LogP contribution is 2.20. The number of carbonyl (C=O) groups is 1. The maximum absolute atomic E-state index is 12.7. The number of piperidine rings is 2. The van der Waals surface area contributed by atoms with E-state index in [-0.39, 0.29) is 5.91 Å². The number of rotatable bonds is 2. The quantitative estimate of drug-likeness (QED) is 0.842. The molecule has 2 saturated heterocycles. The number of hydrogen-bond donors (Lipinski definition) is 0. The van der Waals surface area contributed by atoms with Gasteiger partial charge in [0, 0.05) is 31.9 Å². The van der Waals surface area contributed by atoms with Crippen LogP contribution in [-0.2, 0) is 0 Å². The van der Waals surface area contributed by atoms with Crippen molar-refractivity contribution in [1.82, 2.24) is 14.9 Å². The van der Waals surface area contributed by atoms with Crippen LogP contribution in [-0.4, -0.2) is 47.0 Å². The molecule has 120 valence electrons. The third-order valence-corrected chi connectivity index (χ3v) is 4.64. The van der Waals surface area contributed by atoms with E-state index in [9.17, 15) is 4.79 Å². The van der Waals surface area contributed by atoms with Crippen molar-refractivity contribution >= 4 is 11.9 Å². The Bertz CT molecular complexity index is 539. The normalized spacial score (nSPS) is 22.7. The number of likely N-dealkylation sites (tertiary alicyclic amines) is 1. The van der Waals surface area contributed by atoms with Crippen molar-refractivity contribution in [2.24, 2.45) is 5.92 Å². The average molecular weight is 302 g/mol. The highest BCUT2D eigenvalue weighted by molar-refractivity contribution is 5.92. The lowest BCUT2D eigenvalue weighted by Crippen LogP contribution is -2.40. The summed E-state index contributed by atoms with van der Waals surface area (Å²) in [5.74, 6) is 1.38. The van der Waals surface area contributed by atoms with Crippen LogP contribution in [0.1, 0.15) is 55.2 Å². The van der Waals surface area contributed by atoms with Crippen molar-refractivity contribution in [3.05, 3.63) is 17.5 Å². The maximum Gasteiger partial charge on any atom is 0.272 e. The van der Waals surface area contributed by atoms with Gasteiger partial charge in [0.25, 0.3) is 5.91 Å². The van der Waals surface area contributed by atoms with Gasteiger partial charge < -0.3 is 9.80 Å². The predicted octanol–water partition coefficient (Wildman–Crippen LogP) is 2.65. The van der Waals surface area contributed by atoms with Gasteiger partial charge in [-0.2, -0.15) is 0 Å². The Kier molecular flexibility index (Phi) is 4.60. The molecule has 1 amide bonds. The van der Waals surface area contributed by atoms with Crippen LogP contribution in [0, 0.1) is 12.8 Å². The number of amides is 1. The summed E-state index contributed by atoms with van der Waals surface area (Å²) >= 11 is 0. The maximum atomic E-state index is 12.7. The fraction of sp³-hybridized carbons (Fsp3) is 0.706. The van der Waals surface area contributed by atoms with Gasteiger partial charge in [-0.1, -0.05) is 6.92 Å². The molecule has 5 heteroatoms. The predicted molar refractivity (Wildman–Crippen MR) is 87.1 cm³/mol. The fourth-order valence-electron chi connectivity index (χ4n) is 3.43. The number of aryl methyl sites for hydroxylation is 1. The Balaban J connectivity index is 1.80. The Morgan fingerprint density at radius 1 is 1.14 bits per heavy atom. The lowest BCUT2D eigenvalue weighted by atomic mass is 10.00. The third-order valence-electron chi connectivity index (χ3n) is 4.64. The van der Waals surface area contributed by atoms with Crippen LogP contribution >= 0.6 is 0 Å². The van der Waals surface area contributed by atoms with Crippen LogP contribution in [0.25, 0.3) is 0 Å². The summed E-state index contributed by atoms with van der Waals surface area (Å²) < 4.78 is 0. The molecule has 1 unspecified atom stereocenters. The number of carbonyl (C=O) groups excluding carboxylic acids is 1. The van der Waals surface area contributed by atoms with Gasteiger partial charge in [-0.3, -0.25) is 4.79 Å². The zero-order valence-corrected chi connectivity index (χ0v) is 13.7. The van der Waals surface area contributed by atoms with Gasteiger partial charge in [0.05, 0.1) is 0 Å². The molecule has 3 heterocycles. The summed E-state index contributed by atoms with van der Waals surface area (Å²) in [5, 5.41) is 0. The number of aromatic nitrogens is 2. The van der Waals surface area contributed by atoms with Crippen LogP contribution < -0.4 is 4.90 Å². The Morgan fingerprint density at radius 2 is 1.91 bits per heavy atom. The van der Waals surface area contributed by atoms with E-state index in [1.54, 1.807) is 0 Å². The molecule has 2 aliphatic heterocycles. The second-order valence-electron chi connectivity index (χ2n) is 6.74. The van der Waals surface area contributed by atoms with Crippen LogP contribution in [0.4, 0.5) is 5.95 Å². The molecule has 2 fully saturated rings. The van der Waals surface area contributed by atoms with Gasteiger partial charge in [0.15, 0.2) is 0 Å². The average Bonchev–Trinajstić information content (AvgIpc) is 2.54. The van der Waals surface area contributed by atoms with E-state index in [0.29, 0.717) is 11.6 Å². The monoisotopic (exact) mass is 302 g/mol. The van der Waals surface area contributed by atoms with E-state index < -0.39 is 0 Å². The summed E-state index contributed by atoms with van der Waals surface area (Å²) in [6.45, 7) is 7.86. The van der Waals surface area contributed by atoms with Gasteiger partial charge in [-0.05, 0) is 51.0 Å². The van der Waals surface area contributed by atoms with Crippen molar-refractivity contribution in [2.75, 3.05) is 31.1 Å². The van der Waals surface area contributed by atoms with Gasteiger partial charge >= 0.3 is 0 Å². The molecule has 0 radical (unpaired) electrons. The van der Waals surface area contributed by atoms with Crippen LogP contribution in [0.2, 0.25) is 0 Å². The molecule has 1 atom stereocenters. The largest absolute Gasteiger partial charge is 0.341 e. The Hall–Kier alpha value is -1.65. The molecule has 0 saturated carbocycles. The molecule has 5 nitrogen and oxygen atoms in total. The lowest BCUT2D eigenvalue weighted by Gasteiger charge is -2.31. The van der Waals surface area contributed by atoms with Crippen LogP contribution in [0.3, 0.4) is 0 Å². The summed E-state index contributed by atoms with van der Waals surface area (Å²) in [7, 11) is 0. The third kappa shape index (κ3) is 3.39. The van der Waals surface area contributed by atoms with Gasteiger partial charge in [-0.15, -0.1) is 0 Å². The molecule has 1 aromatic rings. The molecular formula is C17H26N4O. The van der Waals surface area contributed by atoms with E-state index in [1.165, 1.54) is 25.7 Å². The second kappa shape index (κ2) is 6.63. The highest BCUT2D eigenvalue weighted by atomic mass is 16.2. The summed E-state index contributed by atoms with van der Waals surface area (Å²) in [6.07, 6.45) is 5.95. The molecule has 0 N–H and O–H groups in total. The second-order valence-corrected chi connectivity index (χ2v) is 6.74. The van der Waals surface area contributed by atoms with E-state index in [4.69, 9.17) is 0 Å². The number of anilines is 1. The number of nitrogens with zero attached hydrogens (tertiary/aromatic N) is 4. The first kappa shape index (κ1) is 15.3. The van der Waals surface area contributed by atoms with Crippen molar-refractivity contribution in [1.29, 1.82) is 0 Å². The smallest absolute Gasteiger partial charge is 0.272 e. The molecule has 0 spiro atoms. The highest BCUT2D eigenvalue weighted by Gasteiger charge is 2.24. The van der Waals surface area contributed by atoms with Gasteiger partial charge in [0.1, 0.15) is 5.69 Å². The van der Waals surface area contributed by atoms with Crippen molar-refractivity contribution in [2.45, 2.75) is 46.0 Å². The van der Waals surface area contributed by atoms with Gasteiger partial charge in [0.2, 0.25) is 5.95 Å². The van der Waals surface area contributed by atoms with Crippen molar-refractivity contribution in [3.63, 3.8) is 0 Å². The lowest BCUT2D eigenvalue weighted by molar-refractivity contribution is 0.0677. The van der Waals surface area contributed by atoms with E-state index in [0.717, 1.165) is 44.2 Å². The molecule has 22 heavy (non-hydrogen) atoms. The fourth-order valence-corrected chi connectivity index (χ4v) is 3.43. The Labute approximate surface area is 132 Å². The summed E-state index contributed by atoms with van der Waals surface area (Å²) in [4.78, 5) is 26.0. The topological polar surface area (TPSA) is 49.3 Å². The van der Waals surface area contributed by atoms with Crippen molar-refractivity contribution in [3.8, 4) is 0 Å². The minimum atomic E-state index is 0.0651. The molecular weight excluding hydrogens is 276 g/mol. The molecule has 3 rings (SSSR count). The zero-order valence-electron chi connectivity index (χ0n) is 13.7. The first-order valence-electron chi connectivity index (χ1n) is 8.53. The van der Waals surface area contributed by atoms with E-state index >= 15 is 0 Å². The Morgan fingerprint density at radius 3 is 2.64 bits per heavy atom. The summed E-state index contributed by atoms with van der Waals surface area (Å²) in [5.41, 5.74) is 1.44.